The van der Waals surface area contributed by atoms with Crippen molar-refractivity contribution in [1.82, 2.24) is 5.01 Å². The third-order valence-electron chi connectivity index (χ3n) is 4.09. The van der Waals surface area contributed by atoms with Gasteiger partial charge >= 0.3 is 0 Å². The second-order valence-corrected chi connectivity index (χ2v) is 6.63. The van der Waals surface area contributed by atoms with E-state index in [0.717, 1.165) is 17.7 Å². The topological polar surface area (TPSA) is 52.9 Å². The van der Waals surface area contributed by atoms with Crippen molar-refractivity contribution in [3.63, 3.8) is 0 Å². The average molecular weight is 288 g/mol. The first-order valence-corrected chi connectivity index (χ1v) is 7.43. The number of aliphatic hydroxyl groups is 1. The summed E-state index contributed by atoms with van der Waals surface area (Å²) >= 11 is 0. The molecular weight excluding hydrogens is 264 g/mol. The summed E-state index contributed by atoms with van der Waals surface area (Å²) in [5, 5.41) is 16.7. The molecule has 21 heavy (non-hydrogen) atoms. The molecule has 1 N–H and O–H groups in total. The molecule has 4 nitrogen and oxygen atoms in total. The zero-order valence-electron chi connectivity index (χ0n) is 13.3. The average Bonchev–Trinajstić information content (AvgIpc) is 2.78. The maximum Gasteiger partial charge on any atom is 0.249 e. The van der Waals surface area contributed by atoms with E-state index in [1.165, 1.54) is 5.01 Å². The maximum absolute atomic E-state index is 12.6. The highest BCUT2D eigenvalue weighted by atomic mass is 16.3. The zero-order chi connectivity index (χ0) is 15.7. The van der Waals surface area contributed by atoms with Crippen LogP contribution >= 0.6 is 0 Å². The van der Waals surface area contributed by atoms with Crippen LogP contribution in [0.4, 0.5) is 0 Å². The molecule has 0 bridgehead atoms. The number of amides is 1. The number of carbonyl (C=O) groups is 1. The lowest BCUT2D eigenvalue weighted by Crippen LogP contribution is -2.55. The molecule has 0 aliphatic carbocycles. The van der Waals surface area contributed by atoms with E-state index in [2.05, 4.69) is 5.10 Å². The van der Waals surface area contributed by atoms with Gasteiger partial charge in [0.15, 0.2) is 5.72 Å². The monoisotopic (exact) mass is 288 g/mol. The van der Waals surface area contributed by atoms with Crippen LogP contribution in [0.1, 0.15) is 46.1 Å². The Balaban J connectivity index is 2.26. The highest BCUT2D eigenvalue weighted by Gasteiger charge is 2.51. The molecule has 1 aromatic rings. The largest absolute Gasteiger partial charge is 0.368 e. The summed E-state index contributed by atoms with van der Waals surface area (Å²) in [5.41, 5.74) is 0.0944. The first-order chi connectivity index (χ1) is 9.78. The van der Waals surface area contributed by atoms with E-state index in [9.17, 15) is 9.90 Å². The van der Waals surface area contributed by atoms with Gasteiger partial charge in [0.05, 0.1) is 6.42 Å². The normalized spacial score (nSPS) is 22.3. The molecule has 0 aromatic heterocycles. The third-order valence-corrected chi connectivity index (χ3v) is 4.09. The quantitative estimate of drug-likeness (QED) is 0.929. The van der Waals surface area contributed by atoms with Gasteiger partial charge in [-0.15, -0.1) is 0 Å². The number of carbonyl (C=O) groups excluding carboxylic acids is 1. The molecule has 1 atom stereocenters. The number of nitrogens with zero attached hydrogens (tertiary/aromatic N) is 2. The second kappa shape index (κ2) is 5.60. The molecular formula is C17H24N2O2. The Morgan fingerprint density at radius 3 is 2.48 bits per heavy atom. The van der Waals surface area contributed by atoms with Crippen molar-refractivity contribution < 1.29 is 9.90 Å². The van der Waals surface area contributed by atoms with Crippen molar-refractivity contribution >= 4 is 11.6 Å². The Morgan fingerprint density at radius 2 is 1.95 bits per heavy atom. The molecule has 0 unspecified atom stereocenters. The van der Waals surface area contributed by atoms with Crippen LogP contribution < -0.4 is 0 Å². The van der Waals surface area contributed by atoms with Gasteiger partial charge in [-0.25, -0.2) is 5.01 Å². The maximum atomic E-state index is 12.6. The van der Waals surface area contributed by atoms with Crippen LogP contribution in [0.25, 0.3) is 0 Å². The van der Waals surface area contributed by atoms with Crippen molar-refractivity contribution in [1.29, 1.82) is 0 Å². The Hall–Kier alpha value is -1.68. The minimum absolute atomic E-state index is 0.165. The molecule has 1 aromatic carbocycles. The molecule has 0 saturated heterocycles. The van der Waals surface area contributed by atoms with Gasteiger partial charge in [-0.1, -0.05) is 58.0 Å². The molecule has 1 heterocycles. The predicted molar refractivity (Wildman–Crippen MR) is 83.7 cm³/mol. The Labute approximate surface area is 126 Å². The smallest absolute Gasteiger partial charge is 0.249 e. The number of rotatable bonds is 3. The molecule has 0 fully saturated rings. The molecule has 1 aliphatic rings. The summed E-state index contributed by atoms with van der Waals surface area (Å²) in [6, 6.07) is 9.55. The molecule has 0 radical (unpaired) electrons. The standard InChI is InChI=1S/C17H24N2O2/c1-5-14-12-17(21,16(2,3)4)19(18-14)15(20)11-13-9-7-6-8-10-13/h6-10,21H,5,11-12H2,1-4H3/t17-/m0/s1. The highest BCUT2D eigenvalue weighted by molar-refractivity contribution is 5.91. The van der Waals surface area contributed by atoms with E-state index in [0.29, 0.717) is 6.42 Å². The fourth-order valence-electron chi connectivity index (χ4n) is 2.50. The van der Waals surface area contributed by atoms with Crippen molar-refractivity contribution in [2.45, 2.75) is 52.7 Å². The molecule has 114 valence electrons. The molecule has 0 saturated carbocycles. The van der Waals surface area contributed by atoms with E-state index in [4.69, 9.17) is 0 Å². The highest BCUT2D eigenvalue weighted by Crippen LogP contribution is 2.41. The van der Waals surface area contributed by atoms with Gasteiger partial charge in [0.2, 0.25) is 5.91 Å². The van der Waals surface area contributed by atoms with Crippen LogP contribution in [0.15, 0.2) is 35.4 Å². The predicted octanol–water partition coefficient (Wildman–Crippen LogP) is 2.96. The van der Waals surface area contributed by atoms with Crippen molar-refractivity contribution in [2.75, 3.05) is 0 Å². The van der Waals surface area contributed by atoms with E-state index in [-0.39, 0.29) is 12.3 Å². The molecule has 1 aliphatic heterocycles. The number of benzene rings is 1. The molecule has 0 spiro atoms. The van der Waals surface area contributed by atoms with Gasteiger partial charge in [0.25, 0.3) is 0 Å². The Morgan fingerprint density at radius 1 is 1.33 bits per heavy atom. The van der Waals surface area contributed by atoms with Gasteiger partial charge in [-0.2, -0.15) is 5.10 Å². The van der Waals surface area contributed by atoms with Crippen LogP contribution in [-0.4, -0.2) is 27.5 Å². The molecule has 4 heteroatoms. The van der Waals surface area contributed by atoms with Crippen LogP contribution in [-0.2, 0) is 11.2 Å². The lowest BCUT2D eigenvalue weighted by atomic mass is 9.79. The summed E-state index contributed by atoms with van der Waals surface area (Å²) in [4.78, 5) is 12.6. The van der Waals surface area contributed by atoms with E-state index in [1.807, 2.05) is 58.0 Å². The van der Waals surface area contributed by atoms with Crippen molar-refractivity contribution in [3.05, 3.63) is 35.9 Å². The Bertz CT molecular complexity index is 546. The second-order valence-electron chi connectivity index (χ2n) is 6.63. The first kappa shape index (κ1) is 15.7. The van der Waals surface area contributed by atoms with Crippen LogP contribution in [0, 0.1) is 5.41 Å². The number of hydrogen-bond donors (Lipinski definition) is 1. The van der Waals surface area contributed by atoms with Crippen LogP contribution in [0.3, 0.4) is 0 Å². The Kier molecular flexibility index (Phi) is 4.19. The van der Waals surface area contributed by atoms with Gasteiger partial charge in [-0.05, 0) is 12.0 Å². The summed E-state index contributed by atoms with van der Waals surface area (Å²) in [7, 11) is 0. The minimum Gasteiger partial charge on any atom is -0.368 e. The van der Waals surface area contributed by atoms with Crippen LogP contribution in [0.5, 0.6) is 0 Å². The molecule has 1 amide bonds. The van der Waals surface area contributed by atoms with Crippen molar-refractivity contribution in [3.8, 4) is 0 Å². The minimum atomic E-state index is -1.25. The third kappa shape index (κ3) is 3.00. The number of hydrogen-bond acceptors (Lipinski definition) is 3. The zero-order valence-corrected chi connectivity index (χ0v) is 13.3. The van der Waals surface area contributed by atoms with Gasteiger partial charge in [0, 0.05) is 17.5 Å². The summed E-state index contributed by atoms with van der Waals surface area (Å²) < 4.78 is 0. The fourth-order valence-corrected chi connectivity index (χ4v) is 2.50. The number of hydrazone groups is 1. The van der Waals surface area contributed by atoms with Crippen molar-refractivity contribution in [2.24, 2.45) is 10.5 Å². The van der Waals surface area contributed by atoms with E-state index < -0.39 is 11.1 Å². The lowest BCUT2D eigenvalue weighted by molar-refractivity contribution is -0.181. The summed E-state index contributed by atoms with van der Waals surface area (Å²) in [5.74, 6) is -0.165. The molecule has 2 rings (SSSR count). The first-order valence-electron chi connectivity index (χ1n) is 7.43. The fraction of sp³-hybridized carbons (Fsp3) is 0.529. The van der Waals surface area contributed by atoms with E-state index >= 15 is 0 Å². The van der Waals surface area contributed by atoms with Gasteiger partial charge in [0.1, 0.15) is 0 Å². The van der Waals surface area contributed by atoms with Gasteiger partial charge in [-0.3, -0.25) is 4.79 Å². The lowest BCUT2D eigenvalue weighted by Gasteiger charge is -2.41. The summed E-state index contributed by atoms with van der Waals surface area (Å²) in [6.07, 6.45) is 1.42. The van der Waals surface area contributed by atoms with E-state index in [1.54, 1.807) is 0 Å². The van der Waals surface area contributed by atoms with Gasteiger partial charge < -0.3 is 5.11 Å². The van der Waals surface area contributed by atoms with Crippen LogP contribution in [0.2, 0.25) is 0 Å². The SMILES string of the molecule is CCC1=NN(C(=O)Cc2ccccc2)[C@@](O)(C(C)(C)C)C1. The summed E-state index contributed by atoms with van der Waals surface area (Å²) in [6.45, 7) is 7.80.